The van der Waals surface area contributed by atoms with Gasteiger partial charge in [-0.1, -0.05) is 60.7 Å². The van der Waals surface area contributed by atoms with Gasteiger partial charge in [-0.3, -0.25) is 19.8 Å². The number of rotatable bonds is 3. The van der Waals surface area contributed by atoms with Gasteiger partial charge in [0.1, 0.15) is 5.75 Å². The summed E-state index contributed by atoms with van der Waals surface area (Å²) in [5.41, 5.74) is 7.20. The summed E-state index contributed by atoms with van der Waals surface area (Å²) < 4.78 is 5.26. The smallest absolute Gasteiger partial charge is 0.274 e. The lowest BCUT2D eigenvalue weighted by atomic mass is 9.55. The molecule has 6 heteroatoms. The van der Waals surface area contributed by atoms with E-state index in [1.165, 1.54) is 7.11 Å². The van der Waals surface area contributed by atoms with Crippen LogP contribution in [0.3, 0.4) is 0 Å². The van der Waals surface area contributed by atoms with E-state index in [0.717, 1.165) is 27.3 Å². The molecule has 3 amide bonds. The average Bonchev–Trinajstić information content (AvgIpc) is 3.09. The second-order valence-electron chi connectivity index (χ2n) is 8.42. The Labute approximate surface area is 184 Å². The highest BCUT2D eigenvalue weighted by Crippen LogP contribution is 2.60. The van der Waals surface area contributed by atoms with Crippen LogP contribution in [-0.2, 0) is 9.59 Å². The Bertz CT molecular complexity index is 1180. The second-order valence-corrected chi connectivity index (χ2v) is 8.42. The molecule has 0 unspecified atom stereocenters. The Morgan fingerprint density at radius 1 is 0.750 bits per heavy atom. The molecule has 2 bridgehead atoms. The van der Waals surface area contributed by atoms with Crippen molar-refractivity contribution in [1.82, 2.24) is 10.4 Å². The lowest BCUT2D eigenvalue weighted by molar-refractivity contribution is -0.142. The predicted octanol–water partition coefficient (Wildman–Crippen LogP) is 3.23. The molecule has 1 aliphatic heterocycles. The van der Waals surface area contributed by atoms with Gasteiger partial charge in [0.25, 0.3) is 17.7 Å². The van der Waals surface area contributed by atoms with Crippen LogP contribution < -0.4 is 10.2 Å². The molecule has 1 fully saturated rings. The summed E-state index contributed by atoms with van der Waals surface area (Å²) in [6.45, 7) is 0. The van der Waals surface area contributed by atoms with Gasteiger partial charge >= 0.3 is 0 Å². The van der Waals surface area contributed by atoms with Gasteiger partial charge in [0.15, 0.2) is 0 Å². The molecule has 1 N–H and O–H groups in total. The van der Waals surface area contributed by atoms with Crippen LogP contribution in [0.25, 0.3) is 0 Å². The first-order valence-corrected chi connectivity index (χ1v) is 10.6. The predicted molar refractivity (Wildman–Crippen MR) is 116 cm³/mol. The summed E-state index contributed by atoms with van der Waals surface area (Å²) in [6, 6.07) is 22.8. The molecule has 1 saturated heterocycles. The number of para-hydroxylation sites is 1. The first-order valence-electron chi connectivity index (χ1n) is 10.6. The summed E-state index contributed by atoms with van der Waals surface area (Å²) in [4.78, 5) is 40.0. The third-order valence-corrected chi connectivity index (χ3v) is 7.01. The molecular weight excluding hydrogens is 404 g/mol. The Kier molecular flexibility index (Phi) is 3.99. The maximum absolute atomic E-state index is 13.5. The third-order valence-electron chi connectivity index (χ3n) is 7.01. The number of carbonyl (C=O) groups excluding carboxylic acids is 3. The van der Waals surface area contributed by atoms with Crippen molar-refractivity contribution in [2.45, 2.75) is 11.8 Å². The van der Waals surface area contributed by atoms with Crippen molar-refractivity contribution in [2.24, 2.45) is 11.8 Å². The van der Waals surface area contributed by atoms with Crippen LogP contribution in [-0.4, -0.2) is 29.8 Å². The van der Waals surface area contributed by atoms with Crippen molar-refractivity contribution in [2.75, 3.05) is 7.11 Å². The molecule has 0 saturated carbocycles. The second kappa shape index (κ2) is 6.79. The number of amides is 3. The van der Waals surface area contributed by atoms with Crippen LogP contribution in [0, 0.1) is 11.8 Å². The minimum atomic E-state index is -0.551. The lowest BCUT2D eigenvalue weighted by Gasteiger charge is -2.45. The normalized spacial score (nSPS) is 24.6. The number of hydrazine groups is 1. The van der Waals surface area contributed by atoms with Crippen molar-refractivity contribution >= 4 is 17.7 Å². The highest BCUT2D eigenvalue weighted by Gasteiger charge is 2.62. The molecule has 2 atom stereocenters. The van der Waals surface area contributed by atoms with E-state index in [9.17, 15) is 14.4 Å². The molecule has 3 aromatic rings. The van der Waals surface area contributed by atoms with Gasteiger partial charge in [-0.15, -0.1) is 0 Å². The Morgan fingerprint density at radius 2 is 1.19 bits per heavy atom. The monoisotopic (exact) mass is 424 g/mol. The zero-order valence-electron chi connectivity index (χ0n) is 17.3. The summed E-state index contributed by atoms with van der Waals surface area (Å²) in [5.74, 6) is -2.37. The number of methoxy groups -OCH3 is 1. The number of hydrogen-bond donors (Lipinski definition) is 1. The molecule has 4 aliphatic rings. The minimum Gasteiger partial charge on any atom is -0.496 e. The van der Waals surface area contributed by atoms with Crippen LogP contribution in [0.15, 0.2) is 72.8 Å². The van der Waals surface area contributed by atoms with Crippen LogP contribution in [0.5, 0.6) is 5.75 Å². The van der Waals surface area contributed by atoms with Crippen molar-refractivity contribution < 1.29 is 19.1 Å². The molecule has 3 aromatic carbocycles. The lowest BCUT2D eigenvalue weighted by Crippen LogP contribution is -2.46. The standard InChI is InChI=1S/C26H20N2O4/c1-32-19-13-7-6-12-18(19)24(29)27-28-25(30)22-20-14-8-2-3-9-15(14)21(23(22)26(28)31)17-11-5-4-10-16(17)20/h2-13,20-23H,1H3,(H,27,29)/t20?,21?,22-,23+. The van der Waals surface area contributed by atoms with Crippen molar-refractivity contribution in [3.8, 4) is 5.75 Å². The molecule has 1 heterocycles. The topological polar surface area (TPSA) is 75.7 Å². The van der Waals surface area contributed by atoms with Gasteiger partial charge in [0, 0.05) is 11.8 Å². The third kappa shape index (κ3) is 2.37. The highest BCUT2D eigenvalue weighted by atomic mass is 16.5. The molecule has 3 aliphatic carbocycles. The maximum Gasteiger partial charge on any atom is 0.274 e. The van der Waals surface area contributed by atoms with E-state index in [-0.39, 0.29) is 29.2 Å². The Hall–Kier alpha value is -3.93. The van der Waals surface area contributed by atoms with E-state index in [0.29, 0.717) is 5.75 Å². The van der Waals surface area contributed by atoms with Crippen LogP contribution in [0.2, 0.25) is 0 Å². The molecular formula is C26H20N2O4. The fraction of sp³-hybridized carbons (Fsp3) is 0.192. The van der Waals surface area contributed by atoms with Crippen molar-refractivity contribution in [3.63, 3.8) is 0 Å². The molecule has 0 aromatic heterocycles. The van der Waals surface area contributed by atoms with E-state index < -0.39 is 17.7 Å². The fourth-order valence-corrected chi connectivity index (χ4v) is 5.78. The molecule has 158 valence electrons. The van der Waals surface area contributed by atoms with Gasteiger partial charge in [-0.05, 0) is 34.4 Å². The van der Waals surface area contributed by atoms with E-state index in [4.69, 9.17) is 4.74 Å². The molecule has 0 spiro atoms. The Morgan fingerprint density at radius 3 is 1.66 bits per heavy atom. The average molecular weight is 424 g/mol. The van der Waals surface area contributed by atoms with Gasteiger partial charge in [-0.2, -0.15) is 5.01 Å². The summed E-state index contributed by atoms with van der Waals surface area (Å²) >= 11 is 0. The number of nitrogens with one attached hydrogen (secondary N) is 1. The molecule has 32 heavy (non-hydrogen) atoms. The summed E-state index contributed by atoms with van der Waals surface area (Å²) in [6.07, 6.45) is 0. The molecule has 6 nitrogen and oxygen atoms in total. The number of nitrogens with zero attached hydrogens (tertiary/aromatic N) is 1. The number of ether oxygens (including phenoxy) is 1. The SMILES string of the molecule is COc1ccccc1C(=O)NN1C(=O)[C@@H]2C3c4ccccc4C(c4ccccc43)[C@@H]2C1=O. The number of imide groups is 1. The van der Waals surface area contributed by atoms with Gasteiger partial charge in [0.2, 0.25) is 0 Å². The summed E-state index contributed by atoms with van der Waals surface area (Å²) in [5, 5.41) is 0.932. The van der Waals surface area contributed by atoms with E-state index in [2.05, 4.69) is 5.43 Å². The van der Waals surface area contributed by atoms with Gasteiger partial charge < -0.3 is 4.74 Å². The van der Waals surface area contributed by atoms with Crippen molar-refractivity contribution in [3.05, 3.63) is 101 Å². The minimum absolute atomic E-state index is 0.206. The van der Waals surface area contributed by atoms with Crippen LogP contribution in [0.1, 0.15) is 44.4 Å². The highest BCUT2D eigenvalue weighted by molar-refractivity contribution is 6.10. The van der Waals surface area contributed by atoms with Crippen LogP contribution >= 0.6 is 0 Å². The quantitative estimate of drug-likeness (QED) is 0.655. The van der Waals surface area contributed by atoms with Gasteiger partial charge in [0.05, 0.1) is 24.5 Å². The zero-order valence-corrected chi connectivity index (χ0v) is 17.3. The van der Waals surface area contributed by atoms with Crippen molar-refractivity contribution in [1.29, 1.82) is 0 Å². The zero-order chi connectivity index (χ0) is 22.0. The van der Waals surface area contributed by atoms with Crippen LogP contribution in [0.4, 0.5) is 0 Å². The van der Waals surface area contributed by atoms with Gasteiger partial charge in [-0.25, -0.2) is 0 Å². The number of hydrogen-bond acceptors (Lipinski definition) is 4. The largest absolute Gasteiger partial charge is 0.496 e. The summed E-state index contributed by atoms with van der Waals surface area (Å²) in [7, 11) is 1.47. The van der Waals surface area contributed by atoms with E-state index in [1.807, 2.05) is 48.5 Å². The van der Waals surface area contributed by atoms with E-state index in [1.54, 1.807) is 24.3 Å². The van der Waals surface area contributed by atoms with E-state index >= 15 is 0 Å². The first kappa shape index (κ1) is 18.8. The number of benzene rings is 3. The Balaban J connectivity index is 1.41. The molecule has 0 radical (unpaired) electrons. The molecule has 7 rings (SSSR count). The number of carbonyl (C=O) groups is 3. The fourth-order valence-electron chi connectivity index (χ4n) is 5.78. The maximum atomic E-state index is 13.5. The first-order chi connectivity index (χ1) is 15.6.